The first-order valence-electron chi connectivity index (χ1n) is 4.62. The molecular weight excluding hydrogens is 276 g/mol. The van der Waals surface area contributed by atoms with Crippen LogP contribution in [0.15, 0.2) is 15.9 Å². The maximum absolute atomic E-state index is 11.7. The first kappa shape index (κ1) is 12.6. The lowest BCUT2D eigenvalue weighted by molar-refractivity contribution is -0.125. The number of Topliss-reactive ketones (excluding diaryl/α,β-unsaturated/α-hetero) is 2. The molecule has 4 heteroatoms. The SMILES string of the molecule is CC(C)(C)C(=O)CC(=O)c1ccc(Br)s1. The second kappa shape index (κ2) is 4.58. The van der Waals surface area contributed by atoms with Gasteiger partial charge in [0.15, 0.2) is 5.78 Å². The third kappa shape index (κ3) is 3.54. The molecule has 0 fully saturated rings. The van der Waals surface area contributed by atoms with Gasteiger partial charge in [-0.25, -0.2) is 0 Å². The highest BCUT2D eigenvalue weighted by Gasteiger charge is 2.24. The first-order chi connectivity index (χ1) is 6.80. The number of carbonyl (C=O) groups excluding carboxylic acids is 2. The normalized spacial score (nSPS) is 11.5. The molecule has 0 bridgehead atoms. The Bertz CT molecular complexity index is 388. The molecular formula is C11H13BrO2S. The van der Waals surface area contributed by atoms with Gasteiger partial charge in [-0.3, -0.25) is 9.59 Å². The van der Waals surface area contributed by atoms with Crippen molar-refractivity contribution in [3.8, 4) is 0 Å². The second-order valence-electron chi connectivity index (χ2n) is 4.38. The molecule has 1 aromatic heterocycles. The van der Waals surface area contributed by atoms with Crippen LogP contribution in [0.2, 0.25) is 0 Å². The number of carbonyl (C=O) groups is 2. The topological polar surface area (TPSA) is 34.1 Å². The predicted octanol–water partition coefficient (Wildman–Crippen LogP) is 3.70. The van der Waals surface area contributed by atoms with Crippen LogP contribution in [0, 0.1) is 5.41 Å². The molecule has 0 saturated heterocycles. The number of rotatable bonds is 3. The molecule has 0 aliphatic carbocycles. The van der Waals surface area contributed by atoms with Crippen LogP contribution in [0.3, 0.4) is 0 Å². The van der Waals surface area contributed by atoms with E-state index in [1.54, 1.807) is 6.07 Å². The van der Waals surface area contributed by atoms with Gasteiger partial charge < -0.3 is 0 Å². The van der Waals surface area contributed by atoms with Crippen LogP contribution in [0.1, 0.15) is 36.9 Å². The summed E-state index contributed by atoms with van der Waals surface area (Å²) in [5.41, 5.74) is -0.440. The molecule has 15 heavy (non-hydrogen) atoms. The highest BCUT2D eigenvalue weighted by atomic mass is 79.9. The van der Waals surface area contributed by atoms with Gasteiger partial charge >= 0.3 is 0 Å². The number of halogens is 1. The molecule has 0 radical (unpaired) electrons. The molecule has 0 spiro atoms. The molecule has 2 nitrogen and oxygen atoms in total. The second-order valence-corrected chi connectivity index (χ2v) is 6.84. The van der Waals surface area contributed by atoms with Crippen LogP contribution < -0.4 is 0 Å². The van der Waals surface area contributed by atoms with E-state index in [0.717, 1.165) is 3.79 Å². The third-order valence-corrected chi connectivity index (χ3v) is 3.67. The van der Waals surface area contributed by atoms with Crippen molar-refractivity contribution in [1.82, 2.24) is 0 Å². The number of hydrogen-bond acceptors (Lipinski definition) is 3. The summed E-state index contributed by atoms with van der Waals surface area (Å²) in [6.45, 7) is 5.48. The van der Waals surface area contributed by atoms with Crippen LogP contribution in [0.4, 0.5) is 0 Å². The van der Waals surface area contributed by atoms with Gasteiger partial charge in [-0.1, -0.05) is 20.8 Å². The summed E-state index contributed by atoms with van der Waals surface area (Å²) in [4.78, 5) is 23.9. The minimum absolute atomic E-state index is 0.00352. The van der Waals surface area contributed by atoms with Gasteiger partial charge in [0.05, 0.1) is 15.1 Å². The van der Waals surface area contributed by atoms with E-state index in [4.69, 9.17) is 0 Å². The van der Waals surface area contributed by atoms with Crippen LogP contribution in [-0.4, -0.2) is 11.6 Å². The molecule has 0 N–H and O–H groups in total. The molecule has 1 heterocycles. The van der Waals surface area contributed by atoms with Gasteiger partial charge in [0.2, 0.25) is 0 Å². The Kier molecular flexibility index (Phi) is 3.84. The van der Waals surface area contributed by atoms with E-state index in [0.29, 0.717) is 4.88 Å². The molecule has 0 unspecified atom stereocenters. The lowest BCUT2D eigenvalue weighted by Gasteiger charge is -2.15. The molecule has 0 aliphatic rings. The fourth-order valence-electron chi connectivity index (χ4n) is 0.962. The van der Waals surface area contributed by atoms with E-state index in [1.165, 1.54) is 11.3 Å². The smallest absolute Gasteiger partial charge is 0.180 e. The van der Waals surface area contributed by atoms with Crippen LogP contribution in [0.5, 0.6) is 0 Å². The van der Waals surface area contributed by atoms with Crippen LogP contribution >= 0.6 is 27.3 Å². The summed E-state index contributed by atoms with van der Waals surface area (Å²) in [6.07, 6.45) is -0.00352. The van der Waals surface area contributed by atoms with Gasteiger partial charge in [-0.05, 0) is 28.1 Å². The van der Waals surface area contributed by atoms with Gasteiger partial charge in [0.25, 0.3) is 0 Å². The van der Waals surface area contributed by atoms with Crippen molar-refractivity contribution in [3.63, 3.8) is 0 Å². The van der Waals surface area contributed by atoms with Gasteiger partial charge in [-0.15, -0.1) is 11.3 Å². The number of thiophene rings is 1. The minimum Gasteiger partial charge on any atom is -0.299 e. The Morgan fingerprint density at radius 2 is 1.93 bits per heavy atom. The van der Waals surface area contributed by atoms with Crippen molar-refractivity contribution in [3.05, 3.63) is 20.8 Å². The Morgan fingerprint density at radius 1 is 1.33 bits per heavy atom. The van der Waals surface area contributed by atoms with E-state index in [2.05, 4.69) is 15.9 Å². The number of ketones is 2. The first-order valence-corrected chi connectivity index (χ1v) is 6.23. The largest absolute Gasteiger partial charge is 0.299 e. The summed E-state index contributed by atoms with van der Waals surface area (Å²) >= 11 is 4.65. The quantitative estimate of drug-likeness (QED) is 0.628. The number of hydrogen-bond donors (Lipinski definition) is 0. The zero-order chi connectivity index (χ0) is 11.6. The summed E-state index contributed by atoms with van der Waals surface area (Å²) in [6, 6.07) is 3.56. The Labute approximate surface area is 102 Å². The van der Waals surface area contributed by atoms with E-state index < -0.39 is 5.41 Å². The summed E-state index contributed by atoms with van der Waals surface area (Å²) in [5.74, 6) is -0.109. The van der Waals surface area contributed by atoms with Crippen molar-refractivity contribution in [2.45, 2.75) is 27.2 Å². The Morgan fingerprint density at radius 3 is 2.33 bits per heavy atom. The summed E-state index contributed by atoms with van der Waals surface area (Å²) in [7, 11) is 0. The van der Waals surface area contributed by atoms with Crippen molar-refractivity contribution in [2.24, 2.45) is 5.41 Å². The average Bonchev–Trinajstić information content (AvgIpc) is 2.50. The molecule has 1 aromatic rings. The molecule has 0 aliphatic heterocycles. The van der Waals surface area contributed by atoms with Crippen molar-refractivity contribution < 1.29 is 9.59 Å². The summed E-state index contributed by atoms with van der Waals surface area (Å²) in [5, 5.41) is 0. The highest BCUT2D eigenvalue weighted by Crippen LogP contribution is 2.25. The molecule has 0 atom stereocenters. The Hall–Kier alpha value is -0.480. The summed E-state index contributed by atoms with van der Waals surface area (Å²) < 4.78 is 0.911. The van der Waals surface area contributed by atoms with E-state index in [9.17, 15) is 9.59 Å². The van der Waals surface area contributed by atoms with E-state index >= 15 is 0 Å². The van der Waals surface area contributed by atoms with Gasteiger partial charge in [0, 0.05) is 5.41 Å². The molecule has 0 amide bonds. The van der Waals surface area contributed by atoms with Crippen molar-refractivity contribution >= 4 is 38.8 Å². The van der Waals surface area contributed by atoms with Crippen molar-refractivity contribution in [1.29, 1.82) is 0 Å². The van der Waals surface area contributed by atoms with E-state index in [1.807, 2.05) is 26.8 Å². The Balaban J connectivity index is 2.69. The van der Waals surface area contributed by atoms with Crippen molar-refractivity contribution in [2.75, 3.05) is 0 Å². The zero-order valence-corrected chi connectivity index (χ0v) is 11.4. The molecule has 82 valence electrons. The standard InChI is InChI=1S/C11H13BrO2S/c1-11(2,3)9(14)6-7(13)8-4-5-10(12)15-8/h4-5H,6H2,1-3H3. The minimum atomic E-state index is -0.440. The van der Waals surface area contributed by atoms with Crippen LogP contribution in [-0.2, 0) is 4.79 Å². The van der Waals surface area contributed by atoms with Gasteiger partial charge in [0.1, 0.15) is 5.78 Å². The zero-order valence-electron chi connectivity index (χ0n) is 8.96. The molecule has 0 saturated carbocycles. The maximum Gasteiger partial charge on any atom is 0.180 e. The molecule has 0 aromatic carbocycles. The fraction of sp³-hybridized carbons (Fsp3) is 0.455. The third-order valence-electron chi connectivity index (χ3n) is 2.01. The lowest BCUT2D eigenvalue weighted by atomic mass is 9.88. The van der Waals surface area contributed by atoms with Crippen LogP contribution in [0.25, 0.3) is 0 Å². The average molecular weight is 289 g/mol. The molecule has 1 rings (SSSR count). The lowest BCUT2D eigenvalue weighted by Crippen LogP contribution is -2.22. The van der Waals surface area contributed by atoms with Gasteiger partial charge in [-0.2, -0.15) is 0 Å². The fourth-order valence-corrected chi connectivity index (χ4v) is 2.29. The monoisotopic (exact) mass is 288 g/mol. The van der Waals surface area contributed by atoms with E-state index in [-0.39, 0.29) is 18.0 Å². The predicted molar refractivity (Wildman–Crippen MR) is 65.4 cm³/mol. The highest BCUT2D eigenvalue weighted by molar-refractivity contribution is 9.11. The maximum atomic E-state index is 11.7.